The van der Waals surface area contributed by atoms with Crippen molar-refractivity contribution in [1.29, 1.82) is 0 Å². The summed E-state index contributed by atoms with van der Waals surface area (Å²) < 4.78 is 0. The highest BCUT2D eigenvalue weighted by atomic mass is 16.2. The topological polar surface area (TPSA) is 41.5 Å². The third kappa shape index (κ3) is 0.951. The Morgan fingerprint density at radius 1 is 1.36 bits per heavy atom. The largest absolute Gasteiger partial charge is 0.272 e. The number of hydrogen-bond donors (Lipinski definition) is 1. The van der Waals surface area contributed by atoms with E-state index in [9.17, 15) is 4.79 Å². The SMILES string of the molecule is O=C1NN=CC12CCCCC2. The van der Waals surface area contributed by atoms with Crippen LogP contribution in [0.1, 0.15) is 32.1 Å². The van der Waals surface area contributed by atoms with Gasteiger partial charge in [-0.3, -0.25) is 4.79 Å². The maximum absolute atomic E-state index is 11.3. The minimum Gasteiger partial charge on any atom is -0.272 e. The van der Waals surface area contributed by atoms with Gasteiger partial charge in [-0.1, -0.05) is 19.3 Å². The van der Waals surface area contributed by atoms with Gasteiger partial charge < -0.3 is 0 Å². The van der Waals surface area contributed by atoms with Gasteiger partial charge in [0.2, 0.25) is 0 Å². The highest BCUT2D eigenvalue weighted by Crippen LogP contribution is 2.36. The van der Waals surface area contributed by atoms with E-state index >= 15 is 0 Å². The van der Waals surface area contributed by atoms with Crippen molar-refractivity contribution >= 4 is 12.1 Å². The summed E-state index contributed by atoms with van der Waals surface area (Å²) in [5, 5.41) is 3.82. The van der Waals surface area contributed by atoms with Gasteiger partial charge in [0.05, 0.1) is 5.41 Å². The minimum absolute atomic E-state index is 0.109. The molecule has 0 aromatic heterocycles. The van der Waals surface area contributed by atoms with E-state index in [4.69, 9.17) is 0 Å². The Labute approximate surface area is 65.9 Å². The van der Waals surface area contributed by atoms with Crippen molar-refractivity contribution < 1.29 is 4.79 Å². The molecule has 60 valence electrons. The van der Waals surface area contributed by atoms with Crippen molar-refractivity contribution in [2.24, 2.45) is 10.5 Å². The second-order valence-electron chi connectivity index (χ2n) is 3.42. The molecule has 3 heteroatoms. The summed E-state index contributed by atoms with van der Waals surface area (Å²) >= 11 is 0. The molecule has 2 rings (SSSR count). The average molecular weight is 152 g/mol. The number of nitrogens with one attached hydrogen (secondary N) is 1. The number of hydrazone groups is 1. The first-order valence-electron chi connectivity index (χ1n) is 4.18. The monoisotopic (exact) mass is 152 g/mol. The number of amides is 1. The van der Waals surface area contributed by atoms with Gasteiger partial charge in [-0.05, 0) is 12.8 Å². The summed E-state index contributed by atoms with van der Waals surface area (Å²) in [5.41, 5.74) is 2.30. The lowest BCUT2D eigenvalue weighted by molar-refractivity contribution is -0.127. The molecule has 0 aromatic rings. The van der Waals surface area contributed by atoms with E-state index < -0.39 is 0 Å². The fourth-order valence-corrected chi connectivity index (χ4v) is 1.92. The molecule has 0 saturated heterocycles. The summed E-state index contributed by atoms with van der Waals surface area (Å²) in [6.45, 7) is 0. The quantitative estimate of drug-likeness (QED) is 0.554. The molecular formula is C8H12N2O. The molecule has 0 unspecified atom stereocenters. The molecule has 1 fully saturated rings. The lowest BCUT2D eigenvalue weighted by atomic mass is 9.75. The Kier molecular flexibility index (Phi) is 1.44. The molecule has 0 bridgehead atoms. The summed E-state index contributed by atoms with van der Waals surface area (Å²) in [6.07, 6.45) is 7.38. The van der Waals surface area contributed by atoms with E-state index in [0.29, 0.717) is 0 Å². The zero-order valence-corrected chi connectivity index (χ0v) is 6.47. The highest BCUT2D eigenvalue weighted by molar-refractivity contribution is 6.02. The van der Waals surface area contributed by atoms with Gasteiger partial charge in [-0.15, -0.1) is 0 Å². The standard InChI is InChI=1S/C8H12N2O/c11-7-8(6-9-10-7)4-2-1-3-5-8/h6H,1-5H2,(H,10,11). The molecule has 1 heterocycles. The Balaban J connectivity index is 2.18. The Hall–Kier alpha value is -0.860. The van der Waals surface area contributed by atoms with Crippen LogP contribution in [0.2, 0.25) is 0 Å². The van der Waals surface area contributed by atoms with Gasteiger partial charge in [-0.25, -0.2) is 5.43 Å². The zero-order valence-electron chi connectivity index (χ0n) is 6.47. The van der Waals surface area contributed by atoms with Crippen LogP contribution in [0.25, 0.3) is 0 Å². The van der Waals surface area contributed by atoms with Crippen molar-refractivity contribution in [2.45, 2.75) is 32.1 Å². The van der Waals surface area contributed by atoms with Crippen LogP contribution in [-0.2, 0) is 4.79 Å². The van der Waals surface area contributed by atoms with Gasteiger partial charge >= 0.3 is 0 Å². The smallest absolute Gasteiger partial charge is 0.251 e. The first-order valence-corrected chi connectivity index (χ1v) is 4.18. The Bertz CT molecular complexity index is 204. The van der Waals surface area contributed by atoms with Crippen LogP contribution in [0.3, 0.4) is 0 Å². The number of rotatable bonds is 0. The predicted molar refractivity (Wildman–Crippen MR) is 42.2 cm³/mol. The molecule has 1 N–H and O–H groups in total. The van der Waals surface area contributed by atoms with Crippen LogP contribution in [0.15, 0.2) is 5.10 Å². The average Bonchev–Trinajstić information content (AvgIpc) is 2.36. The van der Waals surface area contributed by atoms with E-state index in [-0.39, 0.29) is 11.3 Å². The van der Waals surface area contributed by atoms with Crippen molar-refractivity contribution in [2.75, 3.05) is 0 Å². The Morgan fingerprint density at radius 3 is 2.64 bits per heavy atom. The molecule has 2 aliphatic rings. The van der Waals surface area contributed by atoms with Crippen molar-refractivity contribution in [3.8, 4) is 0 Å². The summed E-state index contributed by atoms with van der Waals surface area (Å²) in [7, 11) is 0. The van der Waals surface area contributed by atoms with Gasteiger partial charge in [0, 0.05) is 6.21 Å². The zero-order chi connectivity index (χ0) is 7.73. The minimum atomic E-state index is -0.210. The fourth-order valence-electron chi connectivity index (χ4n) is 1.92. The maximum Gasteiger partial charge on any atom is 0.251 e. The molecule has 1 saturated carbocycles. The third-order valence-electron chi connectivity index (χ3n) is 2.68. The van der Waals surface area contributed by atoms with Crippen LogP contribution in [0.4, 0.5) is 0 Å². The number of hydrogen-bond acceptors (Lipinski definition) is 2. The molecule has 3 nitrogen and oxygen atoms in total. The van der Waals surface area contributed by atoms with Crippen LogP contribution < -0.4 is 5.43 Å². The third-order valence-corrected chi connectivity index (χ3v) is 2.68. The van der Waals surface area contributed by atoms with E-state index in [1.165, 1.54) is 19.3 Å². The lowest BCUT2D eigenvalue weighted by Crippen LogP contribution is -2.35. The van der Waals surface area contributed by atoms with Gasteiger partial charge in [-0.2, -0.15) is 5.10 Å². The van der Waals surface area contributed by atoms with E-state index in [2.05, 4.69) is 10.5 Å². The second kappa shape index (κ2) is 2.32. The Morgan fingerprint density at radius 2 is 2.09 bits per heavy atom. The molecule has 1 spiro atoms. The first kappa shape index (κ1) is 6.83. The number of carbonyl (C=O) groups is 1. The lowest BCUT2D eigenvalue weighted by Gasteiger charge is -2.27. The van der Waals surface area contributed by atoms with Crippen molar-refractivity contribution in [3.05, 3.63) is 0 Å². The van der Waals surface area contributed by atoms with Crippen LogP contribution in [0, 0.1) is 5.41 Å². The normalized spacial score (nSPS) is 27.5. The molecule has 11 heavy (non-hydrogen) atoms. The van der Waals surface area contributed by atoms with Crippen molar-refractivity contribution in [1.82, 2.24) is 5.43 Å². The summed E-state index contributed by atoms with van der Waals surface area (Å²) in [6, 6.07) is 0. The maximum atomic E-state index is 11.3. The molecule has 0 atom stereocenters. The van der Waals surface area contributed by atoms with E-state index in [1.54, 1.807) is 6.21 Å². The van der Waals surface area contributed by atoms with Crippen LogP contribution >= 0.6 is 0 Å². The van der Waals surface area contributed by atoms with Crippen molar-refractivity contribution in [3.63, 3.8) is 0 Å². The molecular weight excluding hydrogens is 140 g/mol. The number of carbonyl (C=O) groups excluding carboxylic acids is 1. The van der Waals surface area contributed by atoms with Crippen LogP contribution in [-0.4, -0.2) is 12.1 Å². The molecule has 0 radical (unpaired) electrons. The summed E-state index contributed by atoms with van der Waals surface area (Å²) in [5.74, 6) is 0.109. The molecule has 1 amide bonds. The first-order chi connectivity index (χ1) is 5.33. The predicted octanol–water partition coefficient (Wildman–Crippen LogP) is 1.05. The highest BCUT2D eigenvalue weighted by Gasteiger charge is 2.40. The van der Waals surface area contributed by atoms with Gasteiger partial charge in [0.1, 0.15) is 0 Å². The molecule has 1 aliphatic heterocycles. The number of nitrogens with zero attached hydrogens (tertiary/aromatic N) is 1. The molecule has 0 aromatic carbocycles. The second-order valence-corrected chi connectivity index (χ2v) is 3.42. The molecule has 1 aliphatic carbocycles. The fraction of sp³-hybridized carbons (Fsp3) is 0.750. The van der Waals surface area contributed by atoms with E-state index in [1.807, 2.05) is 0 Å². The van der Waals surface area contributed by atoms with E-state index in [0.717, 1.165) is 12.8 Å². The summed E-state index contributed by atoms with van der Waals surface area (Å²) in [4.78, 5) is 11.3. The van der Waals surface area contributed by atoms with Gasteiger partial charge in [0.25, 0.3) is 5.91 Å². The van der Waals surface area contributed by atoms with Gasteiger partial charge in [0.15, 0.2) is 0 Å². The van der Waals surface area contributed by atoms with Crippen LogP contribution in [0.5, 0.6) is 0 Å².